The largest absolute Gasteiger partial charge is 0.391 e. The lowest BCUT2D eigenvalue weighted by molar-refractivity contribution is 0.183. The molecule has 0 spiro atoms. The molecule has 0 aliphatic heterocycles. The molecule has 0 aliphatic rings. The first kappa shape index (κ1) is 9.06. The lowest BCUT2D eigenvalue weighted by Crippen LogP contribution is -2.19. The van der Waals surface area contributed by atoms with E-state index in [1.807, 2.05) is 24.7 Å². The van der Waals surface area contributed by atoms with Gasteiger partial charge in [0.15, 0.2) is 0 Å². The zero-order chi connectivity index (χ0) is 8.97. The van der Waals surface area contributed by atoms with Gasteiger partial charge < -0.3 is 15.0 Å². The van der Waals surface area contributed by atoms with Crippen LogP contribution in [0.15, 0.2) is 12.4 Å². The van der Waals surface area contributed by atoms with Crippen LogP contribution in [0.4, 0.5) is 5.95 Å². The number of hydrogen-bond donors (Lipinski definition) is 2. The van der Waals surface area contributed by atoms with Gasteiger partial charge in [0.05, 0.1) is 6.10 Å². The molecule has 1 heterocycles. The highest BCUT2D eigenvalue weighted by Gasteiger charge is 2.01. The van der Waals surface area contributed by atoms with Crippen LogP contribution in [0.1, 0.15) is 13.3 Å². The predicted molar refractivity (Wildman–Crippen MR) is 48.0 cm³/mol. The van der Waals surface area contributed by atoms with Crippen LogP contribution in [0.2, 0.25) is 0 Å². The fourth-order valence-corrected chi connectivity index (χ4v) is 0.889. The van der Waals surface area contributed by atoms with E-state index < -0.39 is 0 Å². The smallest absolute Gasteiger partial charge is 0.202 e. The maximum Gasteiger partial charge on any atom is 0.202 e. The van der Waals surface area contributed by atoms with Gasteiger partial charge in [0, 0.05) is 26.0 Å². The molecule has 0 saturated heterocycles. The van der Waals surface area contributed by atoms with Crippen molar-refractivity contribution in [3.05, 3.63) is 12.4 Å². The first-order valence-electron chi connectivity index (χ1n) is 4.13. The SMILES string of the molecule is CCC(O)CNc1nccn1C. The van der Waals surface area contributed by atoms with E-state index in [1.54, 1.807) is 6.20 Å². The molecule has 0 aliphatic carbocycles. The van der Waals surface area contributed by atoms with Crippen molar-refractivity contribution in [3.63, 3.8) is 0 Å². The molecule has 1 atom stereocenters. The number of nitrogens with zero attached hydrogens (tertiary/aromatic N) is 2. The molecule has 1 unspecified atom stereocenters. The van der Waals surface area contributed by atoms with E-state index in [0.29, 0.717) is 6.54 Å². The van der Waals surface area contributed by atoms with Crippen LogP contribution in [-0.4, -0.2) is 27.3 Å². The van der Waals surface area contributed by atoms with Crippen molar-refractivity contribution in [2.75, 3.05) is 11.9 Å². The van der Waals surface area contributed by atoms with E-state index in [4.69, 9.17) is 0 Å². The second kappa shape index (κ2) is 4.11. The van der Waals surface area contributed by atoms with Crippen LogP contribution < -0.4 is 5.32 Å². The topological polar surface area (TPSA) is 50.1 Å². The Morgan fingerprint density at radius 3 is 3.00 bits per heavy atom. The Labute approximate surface area is 72.2 Å². The number of aryl methyl sites for hydroxylation is 1. The number of aromatic nitrogens is 2. The maximum atomic E-state index is 9.25. The first-order chi connectivity index (χ1) is 5.74. The number of hydrogen-bond acceptors (Lipinski definition) is 3. The molecule has 68 valence electrons. The predicted octanol–water partition coefficient (Wildman–Crippen LogP) is 0.603. The minimum Gasteiger partial charge on any atom is -0.391 e. The Hall–Kier alpha value is -1.03. The van der Waals surface area contributed by atoms with E-state index in [9.17, 15) is 5.11 Å². The highest BCUT2D eigenvalue weighted by molar-refractivity contribution is 5.25. The van der Waals surface area contributed by atoms with Crippen molar-refractivity contribution < 1.29 is 5.11 Å². The average Bonchev–Trinajstić information content (AvgIpc) is 2.47. The lowest BCUT2D eigenvalue weighted by Gasteiger charge is -2.09. The van der Waals surface area contributed by atoms with Crippen molar-refractivity contribution >= 4 is 5.95 Å². The van der Waals surface area contributed by atoms with Crippen LogP contribution in [-0.2, 0) is 7.05 Å². The van der Waals surface area contributed by atoms with E-state index in [1.165, 1.54) is 0 Å². The molecule has 0 amide bonds. The average molecular weight is 169 g/mol. The second-order valence-electron chi connectivity index (χ2n) is 2.80. The van der Waals surface area contributed by atoms with Gasteiger partial charge in [-0.25, -0.2) is 4.98 Å². The van der Waals surface area contributed by atoms with Gasteiger partial charge in [-0.1, -0.05) is 6.92 Å². The molecule has 0 saturated carbocycles. The summed E-state index contributed by atoms with van der Waals surface area (Å²) in [5, 5.41) is 12.3. The summed E-state index contributed by atoms with van der Waals surface area (Å²) >= 11 is 0. The van der Waals surface area contributed by atoms with Gasteiger partial charge >= 0.3 is 0 Å². The van der Waals surface area contributed by atoms with Crippen molar-refractivity contribution in [1.82, 2.24) is 9.55 Å². The fourth-order valence-electron chi connectivity index (χ4n) is 0.889. The molecule has 0 radical (unpaired) electrons. The number of rotatable bonds is 4. The Morgan fingerprint density at radius 1 is 1.75 bits per heavy atom. The Bertz CT molecular complexity index is 234. The first-order valence-corrected chi connectivity index (χ1v) is 4.13. The van der Waals surface area contributed by atoms with Crippen molar-refractivity contribution in [2.24, 2.45) is 7.05 Å². The fraction of sp³-hybridized carbons (Fsp3) is 0.625. The maximum absolute atomic E-state index is 9.25. The molecular formula is C8H15N3O. The summed E-state index contributed by atoms with van der Waals surface area (Å²) < 4.78 is 1.88. The van der Waals surface area contributed by atoms with Crippen molar-refractivity contribution in [2.45, 2.75) is 19.4 Å². The zero-order valence-electron chi connectivity index (χ0n) is 7.49. The van der Waals surface area contributed by atoms with Gasteiger partial charge in [-0.3, -0.25) is 0 Å². The highest BCUT2D eigenvalue weighted by Crippen LogP contribution is 2.01. The molecule has 1 aromatic heterocycles. The van der Waals surface area contributed by atoms with Crippen LogP contribution in [0.25, 0.3) is 0 Å². The second-order valence-corrected chi connectivity index (χ2v) is 2.80. The third kappa shape index (κ3) is 2.23. The third-order valence-electron chi connectivity index (χ3n) is 1.79. The summed E-state index contributed by atoms with van der Waals surface area (Å²) in [5.74, 6) is 0.794. The summed E-state index contributed by atoms with van der Waals surface area (Å²) in [4.78, 5) is 4.06. The van der Waals surface area contributed by atoms with Gasteiger partial charge in [-0.05, 0) is 6.42 Å². The minimum absolute atomic E-state index is 0.290. The van der Waals surface area contributed by atoms with Gasteiger partial charge in [-0.2, -0.15) is 0 Å². The van der Waals surface area contributed by atoms with Gasteiger partial charge in [0.2, 0.25) is 5.95 Å². The van der Waals surface area contributed by atoms with E-state index in [0.717, 1.165) is 12.4 Å². The highest BCUT2D eigenvalue weighted by atomic mass is 16.3. The molecule has 12 heavy (non-hydrogen) atoms. The van der Waals surface area contributed by atoms with Crippen LogP contribution >= 0.6 is 0 Å². The molecule has 1 rings (SSSR count). The molecule has 0 bridgehead atoms. The number of aliphatic hydroxyl groups is 1. The summed E-state index contributed by atoms with van der Waals surface area (Å²) in [6, 6.07) is 0. The van der Waals surface area contributed by atoms with Crippen molar-refractivity contribution in [3.8, 4) is 0 Å². The van der Waals surface area contributed by atoms with Crippen LogP contribution in [0, 0.1) is 0 Å². The number of imidazole rings is 1. The lowest BCUT2D eigenvalue weighted by atomic mass is 10.3. The minimum atomic E-state index is -0.290. The Kier molecular flexibility index (Phi) is 3.10. The molecule has 0 aromatic carbocycles. The zero-order valence-corrected chi connectivity index (χ0v) is 7.49. The quantitative estimate of drug-likeness (QED) is 0.694. The monoisotopic (exact) mass is 169 g/mol. The summed E-state index contributed by atoms with van der Waals surface area (Å²) in [5.41, 5.74) is 0. The van der Waals surface area contributed by atoms with E-state index in [-0.39, 0.29) is 6.10 Å². The van der Waals surface area contributed by atoms with E-state index in [2.05, 4.69) is 10.3 Å². The third-order valence-corrected chi connectivity index (χ3v) is 1.79. The van der Waals surface area contributed by atoms with Crippen molar-refractivity contribution in [1.29, 1.82) is 0 Å². The molecule has 2 N–H and O–H groups in total. The van der Waals surface area contributed by atoms with Crippen LogP contribution in [0.3, 0.4) is 0 Å². The number of anilines is 1. The molecule has 4 heteroatoms. The normalized spacial score (nSPS) is 12.9. The van der Waals surface area contributed by atoms with Gasteiger partial charge in [0.1, 0.15) is 0 Å². The number of aliphatic hydroxyl groups excluding tert-OH is 1. The van der Waals surface area contributed by atoms with Gasteiger partial charge in [0.25, 0.3) is 0 Å². The molecule has 4 nitrogen and oxygen atoms in total. The van der Waals surface area contributed by atoms with Crippen LogP contribution in [0.5, 0.6) is 0 Å². The van der Waals surface area contributed by atoms with Gasteiger partial charge in [-0.15, -0.1) is 0 Å². The summed E-state index contributed by atoms with van der Waals surface area (Å²) in [7, 11) is 1.91. The standard InChI is InChI=1S/C8H15N3O/c1-3-7(12)6-10-8-9-4-5-11(8)2/h4-5,7,12H,3,6H2,1-2H3,(H,9,10). The van der Waals surface area contributed by atoms with E-state index >= 15 is 0 Å². The summed E-state index contributed by atoms with van der Waals surface area (Å²) in [6.45, 7) is 2.51. The summed E-state index contributed by atoms with van der Waals surface area (Å²) in [6.07, 6.45) is 4.06. The molecule has 1 aromatic rings. The Morgan fingerprint density at radius 2 is 2.50 bits per heavy atom. The Balaban J connectivity index is 2.38. The molecule has 0 fully saturated rings. The number of nitrogens with one attached hydrogen (secondary N) is 1. The molecular weight excluding hydrogens is 154 g/mol.